The summed E-state index contributed by atoms with van der Waals surface area (Å²) >= 11 is 12.6. The van der Waals surface area contributed by atoms with Gasteiger partial charge in [-0.3, -0.25) is 4.79 Å². The molecule has 2 heterocycles. The molecule has 0 saturated carbocycles. The van der Waals surface area contributed by atoms with Crippen molar-refractivity contribution in [3.8, 4) is 0 Å². The summed E-state index contributed by atoms with van der Waals surface area (Å²) in [5.74, 6) is -1.33. The molecule has 8 nitrogen and oxygen atoms in total. The molecule has 0 bridgehead atoms. The smallest absolute Gasteiger partial charge is 0.331 e. The predicted molar refractivity (Wildman–Crippen MR) is 118 cm³/mol. The molecule has 11 heteroatoms. The monoisotopic (exact) mass is 485 g/mol. The number of aryl methyl sites for hydroxylation is 1. The third-order valence-corrected chi connectivity index (χ3v) is 7.25. The first-order chi connectivity index (χ1) is 14.6. The zero-order valence-electron chi connectivity index (χ0n) is 16.7. The Hall–Kier alpha value is -2.36. The van der Waals surface area contributed by atoms with E-state index in [0.717, 1.165) is 11.6 Å². The normalized spacial score (nSPS) is 17.7. The second-order valence-corrected chi connectivity index (χ2v) is 10.1. The molecule has 166 valence electrons. The number of ether oxygens (including phenoxy) is 1. The van der Waals surface area contributed by atoms with Gasteiger partial charge < -0.3 is 10.1 Å². The number of amides is 1. The topological polar surface area (TPSA) is 107 Å². The average Bonchev–Trinajstić information content (AvgIpc) is 3.18. The van der Waals surface area contributed by atoms with Crippen molar-refractivity contribution in [2.24, 2.45) is 0 Å². The number of carbonyl (C=O) groups excluding carboxylic acids is 2. The minimum atomic E-state index is -3.10. The molecule has 1 fully saturated rings. The maximum atomic E-state index is 12.0. The van der Waals surface area contributed by atoms with Gasteiger partial charge in [-0.05, 0) is 31.1 Å². The lowest BCUT2D eigenvalue weighted by atomic mass is 10.2. The maximum Gasteiger partial charge on any atom is 0.331 e. The highest BCUT2D eigenvalue weighted by Crippen LogP contribution is 2.24. The molecule has 1 amide bonds. The maximum absolute atomic E-state index is 12.0. The molecule has 1 N–H and O–H groups in total. The molecule has 0 radical (unpaired) electrons. The lowest BCUT2D eigenvalue weighted by Crippen LogP contribution is -2.38. The van der Waals surface area contributed by atoms with Crippen molar-refractivity contribution in [1.82, 2.24) is 15.1 Å². The van der Waals surface area contributed by atoms with Crippen molar-refractivity contribution >= 4 is 51.0 Å². The van der Waals surface area contributed by atoms with Crippen LogP contribution < -0.4 is 5.32 Å². The van der Waals surface area contributed by atoms with E-state index in [4.69, 9.17) is 27.9 Å². The van der Waals surface area contributed by atoms with Gasteiger partial charge in [0.05, 0.1) is 23.7 Å². The molecule has 1 atom stereocenters. The lowest BCUT2D eigenvalue weighted by molar-refractivity contribution is -0.143. The first-order valence-electron chi connectivity index (χ1n) is 9.45. The Morgan fingerprint density at radius 2 is 2.06 bits per heavy atom. The predicted octanol–water partition coefficient (Wildman–Crippen LogP) is 2.41. The minimum absolute atomic E-state index is 0.0464. The number of nitrogens with one attached hydrogen (secondary N) is 1. The summed E-state index contributed by atoms with van der Waals surface area (Å²) in [4.78, 5) is 23.8. The Balaban J connectivity index is 1.55. The first-order valence-corrected chi connectivity index (χ1v) is 12.0. The van der Waals surface area contributed by atoms with E-state index >= 15 is 0 Å². The van der Waals surface area contributed by atoms with Crippen LogP contribution in [0.15, 0.2) is 30.3 Å². The number of carbonyl (C=O) groups is 2. The molecule has 3 rings (SSSR count). The van der Waals surface area contributed by atoms with Gasteiger partial charge >= 0.3 is 5.97 Å². The standard InChI is InChI=1S/C20H21Cl2N3O5S/c1-13-16(20(22)25(24-13)10-14-4-2-3-5-17(14)21)6-7-19(27)30-11-18(26)23-15-8-9-31(28,29)12-15/h2-7,15H,8-12H2,1H3,(H,23,26)/b7-6+/t15-/m1/s1. The van der Waals surface area contributed by atoms with Crippen LogP contribution in [0.5, 0.6) is 0 Å². The summed E-state index contributed by atoms with van der Waals surface area (Å²) in [7, 11) is -3.10. The van der Waals surface area contributed by atoms with Crippen molar-refractivity contribution in [1.29, 1.82) is 0 Å². The van der Waals surface area contributed by atoms with Gasteiger partial charge in [0.15, 0.2) is 16.4 Å². The summed E-state index contributed by atoms with van der Waals surface area (Å²) in [5, 5.41) is 7.86. The van der Waals surface area contributed by atoms with Crippen LogP contribution in [0.3, 0.4) is 0 Å². The molecule has 2 aromatic rings. The van der Waals surface area contributed by atoms with Crippen molar-refractivity contribution in [3.05, 3.63) is 57.3 Å². The van der Waals surface area contributed by atoms with Crippen molar-refractivity contribution < 1.29 is 22.7 Å². The Morgan fingerprint density at radius 1 is 1.32 bits per heavy atom. The molecule has 1 aromatic heterocycles. The van der Waals surface area contributed by atoms with Crippen molar-refractivity contribution in [2.75, 3.05) is 18.1 Å². The van der Waals surface area contributed by atoms with E-state index in [1.165, 1.54) is 6.08 Å². The fourth-order valence-electron chi connectivity index (χ4n) is 3.16. The number of aromatic nitrogens is 2. The number of halogens is 2. The van der Waals surface area contributed by atoms with Gasteiger partial charge in [-0.25, -0.2) is 17.9 Å². The van der Waals surface area contributed by atoms with Crippen molar-refractivity contribution in [3.63, 3.8) is 0 Å². The molecular weight excluding hydrogens is 465 g/mol. The summed E-state index contributed by atoms with van der Waals surface area (Å²) in [6.07, 6.45) is 2.98. The molecule has 0 unspecified atom stereocenters. The molecule has 1 aliphatic rings. The van der Waals surface area contributed by atoms with Crippen LogP contribution in [0.2, 0.25) is 10.2 Å². The summed E-state index contributed by atoms with van der Waals surface area (Å²) in [5.41, 5.74) is 2.01. The summed E-state index contributed by atoms with van der Waals surface area (Å²) in [6.45, 7) is 1.62. The molecule has 31 heavy (non-hydrogen) atoms. The van der Waals surface area contributed by atoms with Crippen LogP contribution in [0.25, 0.3) is 6.08 Å². The molecular formula is C20H21Cl2N3O5S. The third kappa shape index (κ3) is 6.32. The Morgan fingerprint density at radius 3 is 2.74 bits per heavy atom. The van der Waals surface area contributed by atoms with Gasteiger partial charge in [0.2, 0.25) is 0 Å². The van der Waals surface area contributed by atoms with Crippen LogP contribution in [-0.2, 0) is 30.7 Å². The molecule has 0 aliphatic carbocycles. The van der Waals surface area contributed by atoms with Crippen LogP contribution in [-0.4, -0.2) is 54.2 Å². The van der Waals surface area contributed by atoms with E-state index in [9.17, 15) is 18.0 Å². The van der Waals surface area contributed by atoms with E-state index in [2.05, 4.69) is 10.4 Å². The summed E-state index contributed by atoms with van der Waals surface area (Å²) in [6, 6.07) is 6.90. The van der Waals surface area contributed by atoms with Crippen LogP contribution >= 0.6 is 23.2 Å². The number of hydrogen-bond acceptors (Lipinski definition) is 6. The SMILES string of the molecule is Cc1nn(Cc2ccccc2Cl)c(Cl)c1/C=C/C(=O)OCC(=O)N[C@@H]1CCS(=O)(=O)C1. The van der Waals surface area contributed by atoms with Gasteiger partial charge in [-0.2, -0.15) is 5.10 Å². The van der Waals surface area contributed by atoms with Crippen LogP contribution in [0.4, 0.5) is 0 Å². The molecule has 1 saturated heterocycles. The van der Waals surface area contributed by atoms with Crippen molar-refractivity contribution in [2.45, 2.75) is 25.9 Å². The molecule has 1 aromatic carbocycles. The zero-order chi connectivity index (χ0) is 22.6. The van der Waals surface area contributed by atoms with Crippen LogP contribution in [0.1, 0.15) is 23.2 Å². The molecule has 1 aliphatic heterocycles. The number of nitrogens with zero attached hydrogens (tertiary/aromatic N) is 2. The highest BCUT2D eigenvalue weighted by Gasteiger charge is 2.29. The first kappa shape index (κ1) is 23.3. The highest BCUT2D eigenvalue weighted by molar-refractivity contribution is 7.91. The average molecular weight is 486 g/mol. The van der Waals surface area contributed by atoms with Gasteiger partial charge in [-0.1, -0.05) is 41.4 Å². The Kier molecular flexibility index (Phi) is 7.40. The van der Waals surface area contributed by atoms with Gasteiger partial charge in [0.25, 0.3) is 5.91 Å². The van der Waals surface area contributed by atoms with E-state index in [1.54, 1.807) is 17.7 Å². The quantitative estimate of drug-likeness (QED) is 0.476. The summed E-state index contributed by atoms with van der Waals surface area (Å²) < 4.78 is 29.3. The van der Waals surface area contributed by atoms with E-state index < -0.39 is 34.4 Å². The van der Waals surface area contributed by atoms with Crippen LogP contribution in [0, 0.1) is 6.92 Å². The Labute approximate surface area is 190 Å². The number of rotatable bonds is 7. The number of hydrogen-bond donors (Lipinski definition) is 1. The van der Waals surface area contributed by atoms with E-state index in [0.29, 0.717) is 34.4 Å². The lowest BCUT2D eigenvalue weighted by Gasteiger charge is -2.10. The second-order valence-electron chi connectivity index (χ2n) is 7.15. The second kappa shape index (κ2) is 9.84. The Bertz CT molecular complexity index is 1130. The van der Waals surface area contributed by atoms with Gasteiger partial charge in [-0.15, -0.1) is 0 Å². The minimum Gasteiger partial charge on any atom is -0.452 e. The van der Waals surface area contributed by atoms with E-state index in [1.807, 2.05) is 18.2 Å². The van der Waals surface area contributed by atoms with Gasteiger partial charge in [0, 0.05) is 22.7 Å². The fourth-order valence-corrected chi connectivity index (χ4v) is 5.33. The number of benzene rings is 1. The highest BCUT2D eigenvalue weighted by atomic mass is 35.5. The molecule has 0 spiro atoms. The zero-order valence-corrected chi connectivity index (χ0v) is 19.0. The van der Waals surface area contributed by atoms with E-state index in [-0.39, 0.29) is 11.5 Å². The third-order valence-electron chi connectivity index (χ3n) is 4.72. The fraction of sp³-hybridized carbons (Fsp3) is 0.350. The number of sulfone groups is 1. The largest absolute Gasteiger partial charge is 0.452 e. The number of esters is 1. The van der Waals surface area contributed by atoms with Gasteiger partial charge in [0.1, 0.15) is 5.15 Å².